The zero-order valence-electron chi connectivity index (χ0n) is 18.3. The van der Waals surface area contributed by atoms with Crippen LogP contribution in [0.25, 0.3) is 0 Å². The summed E-state index contributed by atoms with van der Waals surface area (Å²) in [6.07, 6.45) is 1.36. The van der Waals surface area contributed by atoms with E-state index in [9.17, 15) is 24.6 Å². The number of phenols is 1. The van der Waals surface area contributed by atoms with Gasteiger partial charge >= 0.3 is 12.0 Å². The van der Waals surface area contributed by atoms with Gasteiger partial charge in [0.15, 0.2) is 0 Å². The topological polar surface area (TPSA) is 110 Å². The van der Waals surface area contributed by atoms with E-state index in [-0.39, 0.29) is 36.6 Å². The van der Waals surface area contributed by atoms with Crippen molar-refractivity contribution in [2.24, 2.45) is 5.92 Å². The summed E-state index contributed by atoms with van der Waals surface area (Å²) in [4.78, 5) is 40.9. The molecule has 180 valence electrons. The van der Waals surface area contributed by atoms with Crippen LogP contribution in [0.2, 0.25) is 0 Å². The minimum Gasteiger partial charge on any atom is -0.506 e. The lowest BCUT2D eigenvalue weighted by Gasteiger charge is -2.40. The molecule has 2 heterocycles. The van der Waals surface area contributed by atoms with E-state index in [1.54, 1.807) is 17.0 Å². The van der Waals surface area contributed by atoms with Crippen LogP contribution in [0.4, 0.5) is 10.5 Å². The van der Waals surface area contributed by atoms with Crippen molar-refractivity contribution < 1.29 is 24.6 Å². The van der Waals surface area contributed by atoms with Crippen LogP contribution in [0.1, 0.15) is 30.4 Å². The Hall–Kier alpha value is -2.59. The minimum absolute atomic E-state index is 0.0272. The smallest absolute Gasteiger partial charge is 0.322 e. The van der Waals surface area contributed by atoms with Gasteiger partial charge in [0.1, 0.15) is 5.75 Å². The molecule has 2 aromatic rings. The Bertz CT molecular complexity index is 1090. The molecule has 0 unspecified atom stereocenters. The predicted molar refractivity (Wildman–Crippen MR) is 134 cm³/mol. The number of phenolic OH excluding ortho intramolecular Hbond substituents is 1. The molecule has 0 aliphatic carbocycles. The van der Waals surface area contributed by atoms with Crippen LogP contribution in [0.15, 0.2) is 45.3 Å². The summed E-state index contributed by atoms with van der Waals surface area (Å²) >= 11 is 6.51. The molecular formula is C24H25Br2N3O5. The Balaban J connectivity index is 1.34. The molecule has 0 radical (unpaired) electrons. The van der Waals surface area contributed by atoms with Gasteiger partial charge in [-0.3, -0.25) is 9.59 Å². The number of nitrogens with one attached hydrogen (secondary N) is 1. The van der Waals surface area contributed by atoms with Crippen molar-refractivity contribution in [1.82, 2.24) is 9.80 Å². The van der Waals surface area contributed by atoms with Gasteiger partial charge in [0.2, 0.25) is 5.91 Å². The van der Waals surface area contributed by atoms with E-state index in [2.05, 4.69) is 37.2 Å². The molecule has 0 saturated carbocycles. The molecule has 0 aromatic heterocycles. The van der Waals surface area contributed by atoms with E-state index < -0.39 is 11.9 Å². The Morgan fingerprint density at radius 3 is 2.41 bits per heavy atom. The second-order valence-corrected chi connectivity index (χ2v) is 10.4. The van der Waals surface area contributed by atoms with Gasteiger partial charge in [0.05, 0.1) is 14.9 Å². The van der Waals surface area contributed by atoms with Crippen LogP contribution >= 0.6 is 31.9 Å². The summed E-state index contributed by atoms with van der Waals surface area (Å²) in [7, 11) is 0. The second kappa shape index (κ2) is 10.4. The van der Waals surface area contributed by atoms with Crippen LogP contribution in [0, 0.1) is 5.92 Å². The maximum absolute atomic E-state index is 12.9. The van der Waals surface area contributed by atoms with Crippen LogP contribution in [0.5, 0.6) is 5.75 Å². The summed E-state index contributed by atoms with van der Waals surface area (Å²) < 4.78 is 0.914. The number of aromatic hydroxyl groups is 1. The molecule has 2 aromatic carbocycles. The van der Waals surface area contributed by atoms with E-state index in [1.165, 1.54) is 0 Å². The van der Waals surface area contributed by atoms with E-state index in [1.807, 2.05) is 29.2 Å². The molecule has 10 heteroatoms. The number of para-hydroxylation sites is 1. The maximum atomic E-state index is 12.9. The number of carboxylic acids is 1. The average molecular weight is 595 g/mol. The normalized spacial score (nSPS) is 17.2. The van der Waals surface area contributed by atoms with Crippen molar-refractivity contribution in [2.75, 3.05) is 18.4 Å². The van der Waals surface area contributed by atoms with Crippen molar-refractivity contribution >= 4 is 55.5 Å². The number of urea groups is 1. The predicted octanol–water partition coefficient (Wildman–Crippen LogP) is 4.59. The first-order valence-electron chi connectivity index (χ1n) is 11.1. The highest BCUT2D eigenvalue weighted by Crippen LogP contribution is 2.34. The Kier molecular flexibility index (Phi) is 7.47. The highest BCUT2D eigenvalue weighted by Gasteiger charge is 2.33. The zero-order chi connectivity index (χ0) is 24.4. The fourth-order valence-electron chi connectivity index (χ4n) is 4.55. The molecule has 1 fully saturated rings. The molecule has 2 aliphatic heterocycles. The third-order valence-corrected chi connectivity index (χ3v) is 7.66. The Labute approximate surface area is 214 Å². The summed E-state index contributed by atoms with van der Waals surface area (Å²) in [5.41, 5.74) is 2.60. The number of hydrogen-bond acceptors (Lipinski definition) is 4. The van der Waals surface area contributed by atoms with Crippen molar-refractivity contribution in [3.05, 3.63) is 56.5 Å². The number of hydrogen-bond donors (Lipinski definition) is 3. The lowest BCUT2D eigenvalue weighted by atomic mass is 9.94. The van der Waals surface area contributed by atoms with E-state index in [4.69, 9.17) is 0 Å². The number of carbonyl (C=O) groups is 3. The summed E-state index contributed by atoms with van der Waals surface area (Å²) in [6, 6.07) is 11.0. The number of carboxylic acid groups (broad SMARTS) is 1. The molecule has 34 heavy (non-hydrogen) atoms. The third-order valence-electron chi connectivity index (χ3n) is 6.45. The van der Waals surface area contributed by atoms with Gasteiger partial charge in [0, 0.05) is 37.8 Å². The molecular weight excluding hydrogens is 570 g/mol. The standard InChI is InChI=1S/C24H25Br2N3O5/c25-18-10-14(11-19(26)22(18)31)9-16(23(32)33)12-21(30)28-7-5-17(6-8-28)29-13-15-3-1-2-4-20(15)27-24(29)34/h1-4,10-11,16-17,31H,5-9,12-13H2,(H,27,34)(H,32,33)/t16-/m1/s1. The summed E-state index contributed by atoms with van der Waals surface area (Å²) in [5, 5.41) is 22.5. The molecule has 1 saturated heterocycles. The Morgan fingerprint density at radius 1 is 1.12 bits per heavy atom. The van der Waals surface area contributed by atoms with Crippen molar-refractivity contribution in [2.45, 2.75) is 38.3 Å². The lowest BCUT2D eigenvalue weighted by Crippen LogP contribution is -2.51. The van der Waals surface area contributed by atoms with E-state index in [0.717, 1.165) is 11.3 Å². The molecule has 1 atom stereocenters. The summed E-state index contributed by atoms with van der Waals surface area (Å²) in [6.45, 7) is 1.51. The van der Waals surface area contributed by atoms with Crippen LogP contribution < -0.4 is 5.32 Å². The number of fused-ring (bicyclic) bond motifs is 1. The first kappa shape index (κ1) is 24.5. The average Bonchev–Trinajstić information content (AvgIpc) is 2.81. The number of amides is 3. The number of anilines is 1. The molecule has 0 bridgehead atoms. The van der Waals surface area contributed by atoms with Crippen molar-refractivity contribution in [1.29, 1.82) is 0 Å². The number of halogens is 2. The van der Waals surface area contributed by atoms with Gasteiger partial charge in [0.25, 0.3) is 0 Å². The molecule has 3 N–H and O–H groups in total. The molecule has 4 rings (SSSR count). The maximum Gasteiger partial charge on any atom is 0.322 e. The molecule has 8 nitrogen and oxygen atoms in total. The Morgan fingerprint density at radius 2 is 1.76 bits per heavy atom. The number of aliphatic carboxylic acids is 1. The van der Waals surface area contributed by atoms with Crippen LogP contribution in [-0.2, 0) is 22.6 Å². The number of nitrogens with zero attached hydrogens (tertiary/aromatic N) is 2. The van der Waals surface area contributed by atoms with Crippen molar-refractivity contribution in [3.63, 3.8) is 0 Å². The summed E-state index contributed by atoms with van der Waals surface area (Å²) in [5.74, 6) is -2.07. The third kappa shape index (κ3) is 5.38. The molecule has 2 aliphatic rings. The second-order valence-electron chi connectivity index (χ2n) is 8.68. The number of piperidine rings is 1. The van der Waals surface area contributed by atoms with E-state index in [0.29, 0.717) is 47.0 Å². The minimum atomic E-state index is -1.03. The lowest BCUT2D eigenvalue weighted by molar-refractivity contribution is -0.146. The van der Waals surface area contributed by atoms with Crippen LogP contribution in [-0.4, -0.2) is 57.1 Å². The first-order valence-corrected chi connectivity index (χ1v) is 12.6. The zero-order valence-corrected chi connectivity index (χ0v) is 21.5. The monoisotopic (exact) mass is 593 g/mol. The SMILES string of the molecule is O=C(O)[C@@H](CC(=O)N1CCC(N2Cc3ccccc3NC2=O)CC1)Cc1cc(Br)c(O)c(Br)c1. The van der Waals surface area contributed by atoms with E-state index >= 15 is 0 Å². The number of carbonyl (C=O) groups excluding carboxylic acids is 2. The number of benzene rings is 2. The van der Waals surface area contributed by atoms with Gasteiger partial charge in [-0.05, 0) is 80.4 Å². The van der Waals surface area contributed by atoms with Crippen LogP contribution in [0.3, 0.4) is 0 Å². The quantitative estimate of drug-likeness (QED) is 0.453. The van der Waals surface area contributed by atoms with Gasteiger partial charge in [-0.1, -0.05) is 18.2 Å². The molecule has 0 spiro atoms. The fourth-order valence-corrected chi connectivity index (χ4v) is 5.83. The van der Waals surface area contributed by atoms with Crippen molar-refractivity contribution in [3.8, 4) is 5.75 Å². The fraction of sp³-hybridized carbons (Fsp3) is 0.375. The number of rotatable bonds is 6. The number of likely N-dealkylation sites (tertiary alicyclic amines) is 1. The highest BCUT2D eigenvalue weighted by molar-refractivity contribution is 9.11. The van der Waals surface area contributed by atoms with Gasteiger partial charge < -0.3 is 25.3 Å². The molecule has 3 amide bonds. The highest BCUT2D eigenvalue weighted by atomic mass is 79.9. The first-order chi connectivity index (χ1) is 16.2. The largest absolute Gasteiger partial charge is 0.506 e. The van der Waals surface area contributed by atoms with Gasteiger partial charge in [-0.2, -0.15) is 0 Å². The van der Waals surface area contributed by atoms with Gasteiger partial charge in [-0.15, -0.1) is 0 Å². The van der Waals surface area contributed by atoms with Gasteiger partial charge in [-0.25, -0.2) is 4.79 Å².